The van der Waals surface area contributed by atoms with Gasteiger partial charge in [0, 0.05) is 5.92 Å². The fourth-order valence-electron chi connectivity index (χ4n) is 2.58. The second kappa shape index (κ2) is 5.34. The van der Waals surface area contributed by atoms with E-state index in [4.69, 9.17) is 19.3 Å². The zero-order chi connectivity index (χ0) is 14.2. The standard InChI is InChI=1S/C12H20O7/c1-12(2)18-10-6(4-8(15)16-3)9(7(14)5-13)17-11(10)19-12/h6-7,9-11,13-14H,4-5H2,1-3H3/t6-,7-,9+,10-,11-/m1/s1. The summed E-state index contributed by atoms with van der Waals surface area (Å²) in [5.41, 5.74) is 0. The van der Waals surface area contributed by atoms with Crippen LogP contribution in [0.5, 0.6) is 0 Å². The van der Waals surface area contributed by atoms with Crippen LogP contribution in [-0.2, 0) is 23.7 Å². The van der Waals surface area contributed by atoms with Gasteiger partial charge in [0.05, 0.1) is 26.2 Å². The molecule has 2 rings (SSSR count). The molecule has 7 nitrogen and oxygen atoms in total. The summed E-state index contributed by atoms with van der Waals surface area (Å²) in [5, 5.41) is 18.8. The van der Waals surface area contributed by atoms with Gasteiger partial charge >= 0.3 is 5.97 Å². The van der Waals surface area contributed by atoms with E-state index < -0.39 is 48.9 Å². The number of hydrogen-bond acceptors (Lipinski definition) is 7. The molecule has 2 aliphatic rings. The van der Waals surface area contributed by atoms with Gasteiger partial charge in [-0.2, -0.15) is 0 Å². The third-order valence-electron chi connectivity index (χ3n) is 3.42. The molecule has 0 saturated carbocycles. The van der Waals surface area contributed by atoms with Crippen LogP contribution in [0.4, 0.5) is 0 Å². The van der Waals surface area contributed by atoms with Gasteiger partial charge in [0.15, 0.2) is 12.1 Å². The number of ether oxygens (including phenoxy) is 4. The first-order valence-electron chi connectivity index (χ1n) is 6.25. The van der Waals surface area contributed by atoms with Crippen LogP contribution in [0.1, 0.15) is 20.3 Å². The molecular formula is C12H20O7. The molecule has 0 aromatic carbocycles. The molecule has 19 heavy (non-hydrogen) atoms. The lowest BCUT2D eigenvalue weighted by Crippen LogP contribution is -2.39. The van der Waals surface area contributed by atoms with Gasteiger partial charge in [0.2, 0.25) is 0 Å². The Morgan fingerprint density at radius 2 is 2.11 bits per heavy atom. The second-order valence-electron chi connectivity index (χ2n) is 5.26. The number of carbonyl (C=O) groups is 1. The van der Waals surface area contributed by atoms with Crippen LogP contribution in [-0.4, -0.2) is 60.3 Å². The molecule has 110 valence electrons. The van der Waals surface area contributed by atoms with Crippen molar-refractivity contribution in [2.45, 2.75) is 50.7 Å². The van der Waals surface area contributed by atoms with Gasteiger partial charge in [-0.1, -0.05) is 0 Å². The predicted molar refractivity (Wildman–Crippen MR) is 61.9 cm³/mol. The Bertz CT molecular complexity index is 343. The van der Waals surface area contributed by atoms with Crippen LogP contribution in [0.15, 0.2) is 0 Å². The molecule has 0 aromatic heterocycles. The van der Waals surface area contributed by atoms with Crippen LogP contribution >= 0.6 is 0 Å². The summed E-state index contributed by atoms with van der Waals surface area (Å²) in [6, 6.07) is 0. The van der Waals surface area contributed by atoms with Gasteiger partial charge < -0.3 is 29.2 Å². The monoisotopic (exact) mass is 276 g/mol. The van der Waals surface area contributed by atoms with E-state index in [1.54, 1.807) is 13.8 Å². The molecule has 2 N–H and O–H groups in total. The molecule has 0 unspecified atom stereocenters. The zero-order valence-corrected chi connectivity index (χ0v) is 11.2. The number of methoxy groups -OCH3 is 1. The first-order chi connectivity index (χ1) is 8.88. The third-order valence-corrected chi connectivity index (χ3v) is 3.42. The fourth-order valence-corrected chi connectivity index (χ4v) is 2.58. The lowest BCUT2D eigenvalue weighted by Gasteiger charge is -2.27. The number of aliphatic hydroxyl groups excluding tert-OH is 2. The Kier molecular flexibility index (Phi) is 4.12. The van der Waals surface area contributed by atoms with Crippen LogP contribution in [0.25, 0.3) is 0 Å². The topological polar surface area (TPSA) is 94.5 Å². The highest BCUT2D eigenvalue weighted by Crippen LogP contribution is 2.43. The first kappa shape index (κ1) is 14.7. The van der Waals surface area contributed by atoms with Crippen molar-refractivity contribution in [3.05, 3.63) is 0 Å². The normalized spacial score (nSPS) is 37.9. The fraction of sp³-hybridized carbons (Fsp3) is 0.917. The predicted octanol–water partition coefficient (Wildman–Crippen LogP) is -0.605. The molecule has 0 spiro atoms. The SMILES string of the molecule is COC(=O)C[C@H]1[C@H]2OC(C)(C)O[C@H]2O[C@@H]1[C@H](O)CO. The van der Waals surface area contributed by atoms with Crippen molar-refractivity contribution >= 4 is 5.97 Å². The highest BCUT2D eigenvalue weighted by molar-refractivity contribution is 5.69. The lowest BCUT2D eigenvalue weighted by atomic mass is 9.91. The minimum Gasteiger partial charge on any atom is -0.469 e. The highest BCUT2D eigenvalue weighted by atomic mass is 16.8. The quantitative estimate of drug-likeness (QED) is 0.662. The molecule has 7 heteroatoms. The first-order valence-corrected chi connectivity index (χ1v) is 6.25. The van der Waals surface area contributed by atoms with Crippen molar-refractivity contribution in [1.29, 1.82) is 0 Å². The molecule has 2 saturated heterocycles. The summed E-state index contributed by atoms with van der Waals surface area (Å²) in [5.74, 6) is -1.63. The Labute approximate surface area is 111 Å². The molecule has 2 fully saturated rings. The highest BCUT2D eigenvalue weighted by Gasteiger charge is 2.56. The lowest BCUT2D eigenvalue weighted by molar-refractivity contribution is -0.222. The van der Waals surface area contributed by atoms with Crippen molar-refractivity contribution in [2.75, 3.05) is 13.7 Å². The summed E-state index contributed by atoms with van der Waals surface area (Å²) < 4.78 is 21.5. The maximum Gasteiger partial charge on any atom is 0.305 e. The molecule has 0 bridgehead atoms. The molecule has 0 aliphatic carbocycles. The van der Waals surface area contributed by atoms with Crippen LogP contribution in [0, 0.1) is 5.92 Å². The van der Waals surface area contributed by atoms with Crippen molar-refractivity contribution in [2.24, 2.45) is 5.92 Å². The van der Waals surface area contributed by atoms with Gasteiger partial charge in [-0.3, -0.25) is 4.79 Å². The van der Waals surface area contributed by atoms with Gasteiger partial charge in [-0.05, 0) is 13.8 Å². The Morgan fingerprint density at radius 3 is 2.68 bits per heavy atom. The number of fused-ring (bicyclic) bond motifs is 1. The van der Waals surface area contributed by atoms with E-state index in [-0.39, 0.29) is 6.42 Å². The summed E-state index contributed by atoms with van der Waals surface area (Å²) in [7, 11) is 1.29. The molecule has 0 radical (unpaired) electrons. The number of rotatable bonds is 4. The smallest absolute Gasteiger partial charge is 0.305 e. The average Bonchev–Trinajstić information content (AvgIpc) is 2.81. The van der Waals surface area contributed by atoms with E-state index in [2.05, 4.69) is 4.74 Å². The Hall–Kier alpha value is -0.730. The van der Waals surface area contributed by atoms with Gasteiger partial charge in [-0.15, -0.1) is 0 Å². The average molecular weight is 276 g/mol. The van der Waals surface area contributed by atoms with Crippen LogP contribution in [0.2, 0.25) is 0 Å². The minimum absolute atomic E-state index is 0.0405. The molecule has 0 amide bonds. The summed E-state index contributed by atoms with van der Waals surface area (Å²) >= 11 is 0. The van der Waals surface area contributed by atoms with E-state index in [1.165, 1.54) is 7.11 Å². The number of aliphatic hydroxyl groups is 2. The van der Waals surface area contributed by atoms with Crippen molar-refractivity contribution in [3.63, 3.8) is 0 Å². The van der Waals surface area contributed by atoms with E-state index in [0.29, 0.717) is 0 Å². The van der Waals surface area contributed by atoms with Crippen molar-refractivity contribution in [3.8, 4) is 0 Å². The summed E-state index contributed by atoms with van der Waals surface area (Å²) in [6.07, 6.45) is -2.86. The molecule has 5 atom stereocenters. The van der Waals surface area contributed by atoms with Crippen LogP contribution in [0.3, 0.4) is 0 Å². The molecule has 2 heterocycles. The van der Waals surface area contributed by atoms with Gasteiger partial charge in [0.1, 0.15) is 12.2 Å². The second-order valence-corrected chi connectivity index (χ2v) is 5.26. The van der Waals surface area contributed by atoms with E-state index in [1.807, 2.05) is 0 Å². The Balaban J connectivity index is 2.13. The largest absolute Gasteiger partial charge is 0.469 e. The Morgan fingerprint density at radius 1 is 1.42 bits per heavy atom. The van der Waals surface area contributed by atoms with Crippen molar-refractivity contribution in [1.82, 2.24) is 0 Å². The molecule has 0 aromatic rings. The van der Waals surface area contributed by atoms with Gasteiger partial charge in [0.25, 0.3) is 0 Å². The minimum atomic E-state index is -1.09. The summed E-state index contributed by atoms with van der Waals surface area (Å²) in [6.45, 7) is 3.05. The number of carbonyl (C=O) groups excluding carboxylic acids is 1. The molecular weight excluding hydrogens is 256 g/mol. The van der Waals surface area contributed by atoms with Crippen molar-refractivity contribution < 1.29 is 34.0 Å². The van der Waals surface area contributed by atoms with E-state index in [9.17, 15) is 9.90 Å². The van der Waals surface area contributed by atoms with Gasteiger partial charge in [-0.25, -0.2) is 0 Å². The number of esters is 1. The maximum absolute atomic E-state index is 11.5. The maximum atomic E-state index is 11.5. The zero-order valence-electron chi connectivity index (χ0n) is 11.2. The summed E-state index contributed by atoms with van der Waals surface area (Å²) in [4.78, 5) is 11.5. The third kappa shape index (κ3) is 2.90. The van der Waals surface area contributed by atoms with E-state index in [0.717, 1.165) is 0 Å². The van der Waals surface area contributed by atoms with E-state index >= 15 is 0 Å². The van der Waals surface area contributed by atoms with Crippen LogP contribution < -0.4 is 0 Å². The molecule has 2 aliphatic heterocycles. The number of hydrogen-bond donors (Lipinski definition) is 2.